The minimum Gasteiger partial charge on any atom is -0.744 e. The Morgan fingerprint density at radius 3 is 1.09 bits per heavy atom. The first-order valence-corrected chi connectivity index (χ1v) is 23.3. The number of hydrogen-bond donors (Lipinski definition) is 2. The summed E-state index contributed by atoms with van der Waals surface area (Å²) in [6.45, 7) is 9.86. The van der Waals surface area contributed by atoms with Crippen molar-refractivity contribution in [1.29, 1.82) is 0 Å². The molecular formula is C50H50N4O8S2. The van der Waals surface area contributed by atoms with Crippen molar-refractivity contribution in [2.24, 2.45) is 0 Å². The molecule has 0 fully saturated rings. The largest absolute Gasteiger partial charge is 0.744 e. The molecule has 0 atom stereocenters. The molecule has 2 aromatic heterocycles. The Bertz CT molecular complexity index is 2670. The molecule has 0 spiro atoms. The van der Waals surface area contributed by atoms with Crippen LogP contribution in [-0.4, -0.2) is 37.8 Å². The van der Waals surface area contributed by atoms with Crippen LogP contribution in [0.2, 0.25) is 0 Å². The Labute approximate surface area is 375 Å². The molecule has 330 valence electrons. The van der Waals surface area contributed by atoms with E-state index in [4.69, 9.17) is 0 Å². The Kier molecular flexibility index (Phi) is 16.9. The van der Waals surface area contributed by atoms with Crippen LogP contribution in [0.5, 0.6) is 0 Å². The molecule has 5 aromatic carbocycles. The van der Waals surface area contributed by atoms with Gasteiger partial charge in [0.1, 0.15) is 33.3 Å². The third kappa shape index (κ3) is 14.1. The Morgan fingerprint density at radius 2 is 0.797 bits per heavy atom. The molecule has 64 heavy (non-hydrogen) atoms. The average molecular weight is 899 g/mol. The maximum Gasteiger partial charge on any atom is 0.255 e. The standard InChI is InChI=1S/C36H34N4O2.2C7H8O3S/c1-3-23-39-25-7-5-9-33(39)27-15-19-31(20-16-27)37-35(41)29-11-13-30(14-12-29)36(42)38-32-21-17-28(18-22-32)34-10-6-8-26-40(34)24-4-2;2*1-6-2-4-7(5-3-6)11(8,9)10/h5-22,25-26H,3-4,23-24H2,1-2H3;2*2-5H,1H3,(H,8,9,10). The zero-order valence-electron chi connectivity index (χ0n) is 36.0. The summed E-state index contributed by atoms with van der Waals surface area (Å²) in [4.78, 5) is 25.4. The molecule has 7 rings (SSSR count). The van der Waals surface area contributed by atoms with Gasteiger partial charge < -0.3 is 19.7 Å². The van der Waals surface area contributed by atoms with Gasteiger partial charge in [0, 0.05) is 70.7 Å². The van der Waals surface area contributed by atoms with Crippen LogP contribution in [0.25, 0.3) is 22.5 Å². The SMILES string of the molecule is CCC[n+]1ccccc1-c1ccc(NC(=O)c2ccc(C(=O)Nc3ccc(-c4cccc[n+]4CCC)cc3)cc2)cc1.Cc1ccc(S(=O)(=O)[O-])cc1.Cc1ccc(S(=O)(=O)[O-])cc1. The molecule has 2 amide bonds. The number of anilines is 2. The molecule has 0 bridgehead atoms. The molecule has 2 N–H and O–H groups in total. The minimum atomic E-state index is -4.27. The summed E-state index contributed by atoms with van der Waals surface area (Å²) >= 11 is 0. The van der Waals surface area contributed by atoms with Crippen molar-refractivity contribution >= 4 is 43.4 Å². The van der Waals surface area contributed by atoms with Crippen LogP contribution >= 0.6 is 0 Å². The van der Waals surface area contributed by atoms with Gasteiger partial charge in [0.2, 0.25) is 11.4 Å². The lowest BCUT2D eigenvalue weighted by Gasteiger charge is -2.09. The van der Waals surface area contributed by atoms with Crippen LogP contribution in [0, 0.1) is 13.8 Å². The van der Waals surface area contributed by atoms with E-state index in [1.807, 2.05) is 86.6 Å². The van der Waals surface area contributed by atoms with E-state index >= 15 is 0 Å². The first-order chi connectivity index (χ1) is 30.5. The molecule has 0 aliphatic heterocycles. The second-order valence-electron chi connectivity index (χ2n) is 14.7. The average Bonchev–Trinajstić information content (AvgIpc) is 3.28. The lowest BCUT2D eigenvalue weighted by Crippen LogP contribution is -2.35. The highest BCUT2D eigenvalue weighted by molar-refractivity contribution is 7.86. The van der Waals surface area contributed by atoms with E-state index in [-0.39, 0.29) is 21.6 Å². The molecule has 12 nitrogen and oxygen atoms in total. The number of amides is 2. The number of nitrogens with one attached hydrogen (secondary N) is 2. The second kappa shape index (κ2) is 22.5. The summed E-state index contributed by atoms with van der Waals surface area (Å²) in [6.07, 6.45) is 6.28. The molecule has 7 aromatic rings. The number of carbonyl (C=O) groups excluding carboxylic acids is 2. The third-order valence-corrected chi connectivity index (χ3v) is 11.4. The number of nitrogens with zero attached hydrogens (tertiary/aromatic N) is 2. The van der Waals surface area contributed by atoms with Gasteiger partial charge in [-0.15, -0.1) is 0 Å². The van der Waals surface area contributed by atoms with Crippen LogP contribution < -0.4 is 19.8 Å². The summed E-state index contributed by atoms with van der Waals surface area (Å²) < 4.78 is 66.8. The summed E-state index contributed by atoms with van der Waals surface area (Å²) in [5, 5.41) is 5.90. The highest BCUT2D eigenvalue weighted by Crippen LogP contribution is 2.21. The number of aromatic nitrogens is 2. The van der Waals surface area contributed by atoms with Gasteiger partial charge in [-0.1, -0.05) is 49.2 Å². The summed E-state index contributed by atoms with van der Waals surface area (Å²) in [5.74, 6) is -0.459. The normalized spacial score (nSPS) is 11.0. The van der Waals surface area contributed by atoms with E-state index in [0.29, 0.717) is 22.5 Å². The lowest BCUT2D eigenvalue weighted by molar-refractivity contribution is -0.686. The fourth-order valence-corrected chi connectivity index (χ4v) is 7.33. The van der Waals surface area contributed by atoms with Gasteiger partial charge in [-0.3, -0.25) is 9.59 Å². The first-order valence-electron chi connectivity index (χ1n) is 20.5. The maximum absolute atomic E-state index is 12.9. The van der Waals surface area contributed by atoms with E-state index in [1.54, 1.807) is 48.5 Å². The van der Waals surface area contributed by atoms with Gasteiger partial charge in [-0.2, -0.15) is 9.13 Å². The van der Waals surface area contributed by atoms with Crippen molar-refractivity contribution in [2.45, 2.75) is 63.4 Å². The Morgan fingerprint density at radius 1 is 0.469 bits per heavy atom. The van der Waals surface area contributed by atoms with Crippen LogP contribution in [-0.2, 0) is 33.3 Å². The Hall–Kier alpha value is -6.84. The van der Waals surface area contributed by atoms with E-state index < -0.39 is 20.2 Å². The van der Waals surface area contributed by atoms with Crippen LogP contribution in [0.15, 0.2) is 180 Å². The zero-order chi connectivity index (χ0) is 46.3. The Balaban J connectivity index is 0.000000284. The van der Waals surface area contributed by atoms with Crippen molar-refractivity contribution < 1.29 is 44.7 Å². The van der Waals surface area contributed by atoms with Crippen LogP contribution in [0.1, 0.15) is 58.5 Å². The van der Waals surface area contributed by atoms with E-state index in [0.717, 1.165) is 59.6 Å². The zero-order valence-corrected chi connectivity index (χ0v) is 37.6. The van der Waals surface area contributed by atoms with E-state index in [9.17, 15) is 35.5 Å². The molecular weight excluding hydrogens is 849 g/mol. The minimum absolute atomic E-state index is 0.178. The lowest BCUT2D eigenvalue weighted by atomic mass is 10.1. The number of carbonyl (C=O) groups is 2. The van der Waals surface area contributed by atoms with Gasteiger partial charge in [-0.25, -0.2) is 16.8 Å². The summed E-state index contributed by atoms with van der Waals surface area (Å²) in [5.41, 5.74) is 8.69. The van der Waals surface area contributed by atoms with E-state index in [2.05, 4.69) is 58.1 Å². The van der Waals surface area contributed by atoms with Crippen molar-refractivity contribution in [3.05, 3.63) is 192 Å². The second-order valence-corrected chi connectivity index (χ2v) is 17.5. The number of pyridine rings is 2. The van der Waals surface area contributed by atoms with Crippen molar-refractivity contribution in [3.8, 4) is 22.5 Å². The molecule has 0 aliphatic rings. The molecule has 0 saturated heterocycles. The van der Waals surface area contributed by atoms with Gasteiger partial charge in [0.05, 0.1) is 9.79 Å². The fraction of sp³-hybridized carbons (Fsp3) is 0.160. The van der Waals surface area contributed by atoms with Gasteiger partial charge >= 0.3 is 0 Å². The maximum atomic E-state index is 12.9. The van der Waals surface area contributed by atoms with Crippen molar-refractivity contribution in [3.63, 3.8) is 0 Å². The van der Waals surface area contributed by atoms with Gasteiger partial charge in [0.15, 0.2) is 12.4 Å². The first kappa shape index (κ1) is 48.2. The molecule has 14 heteroatoms. The summed E-state index contributed by atoms with van der Waals surface area (Å²) in [7, 11) is -8.54. The fourth-order valence-electron chi connectivity index (χ4n) is 6.39. The highest BCUT2D eigenvalue weighted by atomic mass is 32.2. The topological polar surface area (TPSA) is 180 Å². The van der Waals surface area contributed by atoms with Gasteiger partial charge in [0.25, 0.3) is 11.8 Å². The van der Waals surface area contributed by atoms with Crippen LogP contribution in [0.3, 0.4) is 0 Å². The third-order valence-electron chi connectivity index (χ3n) is 9.72. The number of rotatable bonds is 12. The van der Waals surface area contributed by atoms with Crippen molar-refractivity contribution in [2.75, 3.05) is 10.6 Å². The molecule has 0 radical (unpaired) electrons. The van der Waals surface area contributed by atoms with Crippen molar-refractivity contribution in [1.82, 2.24) is 0 Å². The smallest absolute Gasteiger partial charge is 0.255 e. The molecule has 0 saturated carbocycles. The quantitative estimate of drug-likeness (QED) is 0.0903. The molecule has 0 unspecified atom stereocenters. The number of hydrogen-bond acceptors (Lipinski definition) is 8. The van der Waals surface area contributed by atoms with E-state index in [1.165, 1.54) is 24.3 Å². The molecule has 2 heterocycles. The number of aryl methyl sites for hydroxylation is 4. The van der Waals surface area contributed by atoms with Crippen LogP contribution in [0.4, 0.5) is 11.4 Å². The predicted octanol–water partition coefficient (Wildman–Crippen LogP) is 8.72. The predicted molar refractivity (Wildman–Crippen MR) is 245 cm³/mol. The number of benzene rings is 5. The highest BCUT2D eigenvalue weighted by Gasteiger charge is 2.15. The van der Waals surface area contributed by atoms with Gasteiger partial charge in [-0.05, 0) is 123 Å². The monoisotopic (exact) mass is 898 g/mol. The summed E-state index contributed by atoms with van der Waals surface area (Å²) in [6, 6.07) is 46.3. The molecule has 0 aliphatic carbocycles.